The Labute approximate surface area is 76.5 Å². The van der Waals surface area contributed by atoms with Crippen LogP contribution in [0, 0.1) is 0 Å². The lowest BCUT2D eigenvalue weighted by atomic mass is 9.84. The number of hydrogen-bond donors (Lipinski definition) is 1. The first-order valence-electron chi connectivity index (χ1n) is 4.17. The molecule has 2 heteroatoms. The first-order valence-corrected chi connectivity index (χ1v) is 4.17. The van der Waals surface area contributed by atoms with Crippen molar-refractivity contribution in [2.24, 2.45) is 0 Å². The summed E-state index contributed by atoms with van der Waals surface area (Å²) in [5.41, 5.74) is 0.236. The Kier molecular flexibility index (Phi) is 1.60. The summed E-state index contributed by atoms with van der Waals surface area (Å²) in [6.45, 7) is 1.53. The topological polar surface area (TPSA) is 37.3 Å². The summed E-state index contributed by atoms with van der Waals surface area (Å²) in [6, 6.07) is 7.36. The Morgan fingerprint density at radius 1 is 1.23 bits per heavy atom. The third kappa shape index (κ3) is 1.11. The van der Waals surface area contributed by atoms with Crippen LogP contribution in [0.5, 0.6) is 0 Å². The molecule has 1 aromatic carbocycles. The zero-order valence-electron chi connectivity index (χ0n) is 7.32. The maximum atomic E-state index is 11.3. The number of carbonyl (C=O) groups is 1. The number of ketones is 1. The molecule has 2 rings (SSSR count). The molecule has 0 aliphatic heterocycles. The van der Waals surface area contributed by atoms with Gasteiger partial charge in [0.2, 0.25) is 0 Å². The van der Waals surface area contributed by atoms with Crippen LogP contribution in [-0.4, -0.2) is 10.9 Å². The van der Waals surface area contributed by atoms with Crippen LogP contribution in [0.4, 0.5) is 0 Å². The maximum absolute atomic E-state index is 11.3. The highest BCUT2D eigenvalue weighted by molar-refractivity contribution is 6.03. The molecule has 0 aromatic heterocycles. The Hall–Kier alpha value is -1.41. The molecule has 0 saturated carbocycles. The van der Waals surface area contributed by atoms with Crippen molar-refractivity contribution < 1.29 is 9.90 Å². The van der Waals surface area contributed by atoms with Crippen molar-refractivity contribution in [3.8, 4) is 0 Å². The fourth-order valence-corrected chi connectivity index (χ4v) is 1.55. The number of fused-ring (bicyclic) bond motifs is 1. The Morgan fingerprint density at radius 3 is 2.69 bits per heavy atom. The molecule has 1 aliphatic carbocycles. The normalized spacial score (nSPS) is 25.8. The number of hydrogen-bond acceptors (Lipinski definition) is 2. The minimum absolute atomic E-state index is 0.258. The van der Waals surface area contributed by atoms with Gasteiger partial charge in [-0.2, -0.15) is 0 Å². The lowest BCUT2D eigenvalue weighted by Gasteiger charge is -2.25. The molecule has 0 amide bonds. The Bertz CT molecular complexity index is 389. The second kappa shape index (κ2) is 2.54. The Balaban J connectivity index is 2.68. The van der Waals surface area contributed by atoms with Crippen LogP contribution in [-0.2, 0) is 10.4 Å². The molecule has 0 fully saturated rings. The average molecular weight is 174 g/mol. The molecule has 1 atom stereocenters. The first kappa shape index (κ1) is 8.20. The number of aliphatic hydroxyl groups is 1. The van der Waals surface area contributed by atoms with E-state index in [1.165, 1.54) is 13.0 Å². The highest BCUT2D eigenvalue weighted by atomic mass is 16.3. The van der Waals surface area contributed by atoms with Crippen molar-refractivity contribution in [1.29, 1.82) is 0 Å². The molecular weight excluding hydrogens is 164 g/mol. The SMILES string of the molecule is C[C@]1(O)C(=O)C=Cc2ccccc21. The lowest BCUT2D eigenvalue weighted by molar-refractivity contribution is -0.131. The van der Waals surface area contributed by atoms with Crippen molar-refractivity contribution in [1.82, 2.24) is 0 Å². The molecule has 0 radical (unpaired) electrons. The van der Waals surface area contributed by atoms with Crippen LogP contribution >= 0.6 is 0 Å². The molecular formula is C11H10O2. The van der Waals surface area contributed by atoms with Gasteiger partial charge >= 0.3 is 0 Å². The summed E-state index contributed by atoms with van der Waals surface area (Å²) in [5, 5.41) is 9.89. The fraction of sp³-hybridized carbons (Fsp3) is 0.182. The van der Waals surface area contributed by atoms with Gasteiger partial charge in [0.15, 0.2) is 5.78 Å². The smallest absolute Gasteiger partial charge is 0.191 e. The number of carbonyl (C=O) groups excluding carboxylic acids is 1. The quantitative estimate of drug-likeness (QED) is 0.647. The van der Waals surface area contributed by atoms with Crippen molar-refractivity contribution in [2.45, 2.75) is 12.5 Å². The molecule has 0 spiro atoms. The van der Waals surface area contributed by atoms with E-state index in [0.717, 1.165) is 5.56 Å². The van der Waals surface area contributed by atoms with Crippen LogP contribution in [0.3, 0.4) is 0 Å². The van der Waals surface area contributed by atoms with Gasteiger partial charge in [0.05, 0.1) is 0 Å². The molecule has 13 heavy (non-hydrogen) atoms. The Morgan fingerprint density at radius 2 is 1.92 bits per heavy atom. The summed E-state index contributed by atoms with van der Waals surface area (Å²) < 4.78 is 0. The average Bonchev–Trinajstić information content (AvgIpc) is 2.13. The molecule has 2 nitrogen and oxygen atoms in total. The second-order valence-electron chi connectivity index (χ2n) is 3.36. The van der Waals surface area contributed by atoms with E-state index in [9.17, 15) is 9.90 Å². The van der Waals surface area contributed by atoms with Crippen molar-refractivity contribution in [2.75, 3.05) is 0 Å². The zero-order valence-corrected chi connectivity index (χ0v) is 7.32. The zero-order chi connectivity index (χ0) is 9.47. The highest BCUT2D eigenvalue weighted by Gasteiger charge is 2.34. The number of benzene rings is 1. The van der Waals surface area contributed by atoms with Gasteiger partial charge in [-0.1, -0.05) is 30.3 Å². The van der Waals surface area contributed by atoms with Crippen LogP contribution in [0.15, 0.2) is 30.3 Å². The van der Waals surface area contributed by atoms with Gasteiger partial charge in [-0.25, -0.2) is 0 Å². The molecule has 0 saturated heterocycles. The van der Waals surface area contributed by atoms with Gasteiger partial charge < -0.3 is 5.11 Å². The fourth-order valence-electron chi connectivity index (χ4n) is 1.55. The van der Waals surface area contributed by atoms with E-state index in [-0.39, 0.29) is 5.78 Å². The van der Waals surface area contributed by atoms with Gasteiger partial charge in [0, 0.05) is 0 Å². The van der Waals surface area contributed by atoms with Gasteiger partial charge in [-0.3, -0.25) is 4.79 Å². The van der Waals surface area contributed by atoms with E-state index in [0.29, 0.717) is 5.56 Å². The molecule has 66 valence electrons. The van der Waals surface area contributed by atoms with Crippen LogP contribution in [0.1, 0.15) is 18.1 Å². The maximum Gasteiger partial charge on any atom is 0.191 e. The van der Waals surface area contributed by atoms with E-state index in [1.54, 1.807) is 12.1 Å². The molecule has 1 N–H and O–H groups in total. The van der Waals surface area contributed by atoms with Crippen LogP contribution in [0.2, 0.25) is 0 Å². The number of rotatable bonds is 0. The van der Waals surface area contributed by atoms with Gasteiger partial charge in [-0.15, -0.1) is 0 Å². The first-order chi connectivity index (χ1) is 6.12. The molecule has 0 heterocycles. The predicted octanol–water partition coefficient (Wildman–Crippen LogP) is 1.49. The van der Waals surface area contributed by atoms with E-state index >= 15 is 0 Å². The van der Waals surface area contributed by atoms with Crippen molar-refractivity contribution >= 4 is 11.9 Å². The third-order valence-electron chi connectivity index (χ3n) is 2.38. The second-order valence-corrected chi connectivity index (χ2v) is 3.36. The summed E-state index contributed by atoms with van der Waals surface area (Å²) in [7, 11) is 0. The van der Waals surface area contributed by atoms with Crippen LogP contribution in [0.25, 0.3) is 6.08 Å². The summed E-state index contributed by atoms with van der Waals surface area (Å²) in [6.07, 6.45) is 3.15. The predicted molar refractivity (Wildman–Crippen MR) is 50.1 cm³/mol. The summed E-state index contributed by atoms with van der Waals surface area (Å²) >= 11 is 0. The van der Waals surface area contributed by atoms with Gasteiger partial charge in [0.1, 0.15) is 5.60 Å². The molecule has 1 aliphatic rings. The van der Waals surface area contributed by atoms with Crippen LogP contribution < -0.4 is 0 Å². The van der Waals surface area contributed by atoms with Crippen molar-refractivity contribution in [3.05, 3.63) is 41.5 Å². The lowest BCUT2D eigenvalue weighted by Crippen LogP contribution is -2.33. The molecule has 1 aromatic rings. The van der Waals surface area contributed by atoms with Gasteiger partial charge in [-0.05, 0) is 24.1 Å². The standard InChI is InChI=1S/C11H10O2/c1-11(13)9-5-3-2-4-8(9)6-7-10(11)12/h2-7,13H,1H3/t11-/m1/s1. The van der Waals surface area contributed by atoms with Gasteiger partial charge in [0.25, 0.3) is 0 Å². The van der Waals surface area contributed by atoms with E-state index in [2.05, 4.69) is 0 Å². The third-order valence-corrected chi connectivity index (χ3v) is 2.38. The van der Waals surface area contributed by atoms with Crippen molar-refractivity contribution in [3.63, 3.8) is 0 Å². The van der Waals surface area contributed by atoms with E-state index in [1.807, 2.05) is 18.2 Å². The largest absolute Gasteiger partial charge is 0.377 e. The molecule has 0 bridgehead atoms. The minimum Gasteiger partial charge on any atom is -0.377 e. The van der Waals surface area contributed by atoms with E-state index < -0.39 is 5.60 Å². The highest BCUT2D eigenvalue weighted by Crippen LogP contribution is 2.30. The summed E-state index contributed by atoms with van der Waals surface area (Å²) in [5.74, 6) is -0.258. The minimum atomic E-state index is -1.36. The van der Waals surface area contributed by atoms with E-state index in [4.69, 9.17) is 0 Å². The monoisotopic (exact) mass is 174 g/mol. The molecule has 0 unspecified atom stereocenters. The summed E-state index contributed by atoms with van der Waals surface area (Å²) in [4.78, 5) is 11.3.